The second kappa shape index (κ2) is 6.29. The van der Waals surface area contributed by atoms with Gasteiger partial charge >= 0.3 is 0 Å². The van der Waals surface area contributed by atoms with Crippen molar-refractivity contribution in [3.8, 4) is 11.5 Å². The lowest BCUT2D eigenvalue weighted by atomic mass is 10.3. The van der Waals surface area contributed by atoms with Crippen molar-refractivity contribution in [3.05, 3.63) is 56.6 Å². The number of nitrogens with zero attached hydrogens (tertiary/aromatic N) is 1. The van der Waals surface area contributed by atoms with Crippen molar-refractivity contribution in [3.63, 3.8) is 0 Å². The Bertz CT molecular complexity index is 837. The van der Waals surface area contributed by atoms with E-state index in [4.69, 9.17) is 38.6 Å². The lowest BCUT2D eigenvalue weighted by molar-refractivity contribution is -0.384. The molecule has 22 heavy (non-hydrogen) atoms. The largest absolute Gasteiger partial charge is 0.454 e. The Morgan fingerprint density at radius 2 is 1.68 bits per heavy atom. The van der Waals surface area contributed by atoms with Gasteiger partial charge in [-0.2, -0.15) is 0 Å². The van der Waals surface area contributed by atoms with Gasteiger partial charge in [0, 0.05) is 27.8 Å². The third kappa shape index (κ3) is 3.80. The van der Waals surface area contributed by atoms with Crippen molar-refractivity contribution in [1.29, 1.82) is 0 Å². The Morgan fingerprint density at radius 1 is 1.09 bits per heavy atom. The first-order valence-electron chi connectivity index (χ1n) is 5.54. The van der Waals surface area contributed by atoms with E-state index in [2.05, 4.69) is 0 Å². The quantitative estimate of drug-likeness (QED) is 0.437. The van der Waals surface area contributed by atoms with Crippen LogP contribution in [0.1, 0.15) is 0 Å². The fourth-order valence-electron chi connectivity index (χ4n) is 1.57. The third-order valence-corrected chi connectivity index (χ3v) is 4.33. The summed E-state index contributed by atoms with van der Waals surface area (Å²) in [5.74, 6) is -0.0636. The SMILES string of the molecule is O=[N+]([O-])c1ccc(Oc2c(Cl)cc(Cl)cc2S(=O)(=O)Cl)cc1. The molecule has 0 saturated heterocycles. The number of non-ortho nitro benzene ring substituents is 1. The summed E-state index contributed by atoms with van der Waals surface area (Å²) in [6.45, 7) is 0. The van der Waals surface area contributed by atoms with Gasteiger partial charge in [0.15, 0.2) is 5.75 Å². The summed E-state index contributed by atoms with van der Waals surface area (Å²) in [4.78, 5) is 9.61. The van der Waals surface area contributed by atoms with Gasteiger partial charge in [-0.25, -0.2) is 8.42 Å². The van der Waals surface area contributed by atoms with Crippen LogP contribution in [-0.4, -0.2) is 13.3 Å². The number of ether oxygens (including phenoxy) is 1. The molecule has 0 fully saturated rings. The maximum Gasteiger partial charge on any atom is 0.269 e. The van der Waals surface area contributed by atoms with Crippen molar-refractivity contribution in [2.75, 3.05) is 0 Å². The molecule has 0 spiro atoms. The first kappa shape index (κ1) is 16.8. The summed E-state index contributed by atoms with van der Waals surface area (Å²) in [5, 5.41) is 10.6. The van der Waals surface area contributed by atoms with Gasteiger partial charge in [-0.1, -0.05) is 23.2 Å². The number of nitro benzene ring substituents is 1. The van der Waals surface area contributed by atoms with Crippen molar-refractivity contribution in [2.45, 2.75) is 4.90 Å². The zero-order chi connectivity index (χ0) is 16.5. The van der Waals surface area contributed by atoms with Crippen molar-refractivity contribution in [2.24, 2.45) is 0 Å². The van der Waals surface area contributed by atoms with Crippen LogP contribution < -0.4 is 4.74 Å². The number of benzene rings is 2. The Kier molecular flexibility index (Phi) is 4.81. The lowest BCUT2D eigenvalue weighted by Gasteiger charge is -2.11. The van der Waals surface area contributed by atoms with E-state index in [0.717, 1.165) is 6.07 Å². The van der Waals surface area contributed by atoms with E-state index < -0.39 is 18.9 Å². The standard InChI is InChI=1S/C12H6Cl3NO5S/c13-7-5-10(14)12(11(6-7)22(15,19)20)21-9-3-1-8(2-4-9)16(17)18/h1-6H. The van der Waals surface area contributed by atoms with Crippen LogP contribution >= 0.6 is 33.9 Å². The molecule has 0 aromatic heterocycles. The van der Waals surface area contributed by atoms with Gasteiger partial charge in [-0.3, -0.25) is 10.1 Å². The summed E-state index contributed by atoms with van der Waals surface area (Å²) in [6, 6.07) is 7.38. The average molecular weight is 383 g/mol. The summed E-state index contributed by atoms with van der Waals surface area (Å²) >= 11 is 11.7. The molecule has 10 heteroatoms. The molecule has 0 heterocycles. The van der Waals surface area contributed by atoms with Crippen LogP contribution in [0.15, 0.2) is 41.3 Å². The highest BCUT2D eigenvalue weighted by molar-refractivity contribution is 8.13. The lowest BCUT2D eigenvalue weighted by Crippen LogP contribution is -1.97. The second-order valence-electron chi connectivity index (χ2n) is 4.01. The minimum Gasteiger partial charge on any atom is -0.454 e. The summed E-state index contributed by atoms with van der Waals surface area (Å²) in [5.41, 5.74) is -0.139. The normalized spacial score (nSPS) is 11.2. The van der Waals surface area contributed by atoms with Crippen LogP contribution in [-0.2, 0) is 9.05 Å². The fraction of sp³-hybridized carbons (Fsp3) is 0. The number of nitro groups is 1. The molecule has 0 atom stereocenters. The van der Waals surface area contributed by atoms with Gasteiger partial charge in [-0.15, -0.1) is 0 Å². The van der Waals surface area contributed by atoms with Crippen LogP contribution in [0.3, 0.4) is 0 Å². The molecule has 0 aliphatic carbocycles. The molecule has 2 aromatic rings. The van der Waals surface area contributed by atoms with Gasteiger partial charge < -0.3 is 4.74 Å². The van der Waals surface area contributed by atoms with E-state index in [0.29, 0.717) is 0 Å². The molecule has 0 saturated carbocycles. The second-order valence-corrected chi connectivity index (χ2v) is 7.38. The zero-order valence-electron chi connectivity index (χ0n) is 10.5. The highest BCUT2D eigenvalue weighted by atomic mass is 35.7. The van der Waals surface area contributed by atoms with Crippen molar-refractivity contribution < 1.29 is 18.1 Å². The molecule has 0 N–H and O–H groups in total. The summed E-state index contributed by atoms with van der Waals surface area (Å²) < 4.78 is 28.5. The Balaban J connectivity index is 2.47. The van der Waals surface area contributed by atoms with Crippen LogP contribution in [0.4, 0.5) is 5.69 Å². The molecule has 0 bridgehead atoms. The maximum atomic E-state index is 11.6. The van der Waals surface area contributed by atoms with Crippen molar-refractivity contribution in [1.82, 2.24) is 0 Å². The average Bonchev–Trinajstić information content (AvgIpc) is 2.41. The number of hydrogen-bond donors (Lipinski definition) is 0. The van der Waals surface area contributed by atoms with Gasteiger partial charge in [-0.05, 0) is 24.3 Å². The molecule has 0 aliphatic heterocycles. The van der Waals surface area contributed by atoms with E-state index in [1.54, 1.807) is 0 Å². The molecule has 116 valence electrons. The molecule has 2 aromatic carbocycles. The van der Waals surface area contributed by atoms with Gasteiger partial charge in [0.2, 0.25) is 0 Å². The molecule has 0 aliphatic rings. The van der Waals surface area contributed by atoms with Crippen LogP contribution in [0.25, 0.3) is 0 Å². The zero-order valence-corrected chi connectivity index (χ0v) is 13.6. The monoisotopic (exact) mass is 381 g/mol. The van der Waals surface area contributed by atoms with E-state index in [9.17, 15) is 18.5 Å². The van der Waals surface area contributed by atoms with Gasteiger partial charge in [0.25, 0.3) is 14.7 Å². The highest BCUT2D eigenvalue weighted by Gasteiger charge is 2.22. The minimum absolute atomic E-state index is 0.0647. The topological polar surface area (TPSA) is 86.5 Å². The molecule has 0 radical (unpaired) electrons. The van der Waals surface area contributed by atoms with E-state index in [1.165, 1.54) is 30.3 Å². The summed E-state index contributed by atoms with van der Waals surface area (Å²) in [7, 11) is 1.18. The van der Waals surface area contributed by atoms with Crippen LogP contribution in [0, 0.1) is 10.1 Å². The molecule has 2 rings (SSSR count). The van der Waals surface area contributed by atoms with Crippen molar-refractivity contribution >= 4 is 48.6 Å². The van der Waals surface area contributed by atoms with Crippen LogP contribution in [0.2, 0.25) is 10.0 Å². The van der Waals surface area contributed by atoms with E-state index in [-0.39, 0.29) is 27.2 Å². The number of hydrogen-bond acceptors (Lipinski definition) is 5. The number of rotatable bonds is 4. The van der Waals surface area contributed by atoms with Crippen LogP contribution in [0.5, 0.6) is 11.5 Å². The predicted octanol–water partition coefficient (Wildman–Crippen LogP) is 4.62. The predicted molar refractivity (Wildman–Crippen MR) is 82.7 cm³/mol. The molecule has 0 amide bonds. The fourth-order valence-corrected chi connectivity index (χ4v) is 3.21. The Morgan fingerprint density at radius 3 is 2.18 bits per heavy atom. The summed E-state index contributed by atoms with van der Waals surface area (Å²) in [6.07, 6.45) is 0. The first-order valence-corrected chi connectivity index (χ1v) is 8.61. The van der Waals surface area contributed by atoms with Gasteiger partial charge in [0.1, 0.15) is 10.6 Å². The van der Waals surface area contributed by atoms with E-state index >= 15 is 0 Å². The minimum atomic E-state index is -4.15. The van der Waals surface area contributed by atoms with Gasteiger partial charge in [0.05, 0.1) is 9.95 Å². The van der Waals surface area contributed by atoms with E-state index in [1.807, 2.05) is 0 Å². The highest BCUT2D eigenvalue weighted by Crippen LogP contribution is 2.39. The smallest absolute Gasteiger partial charge is 0.269 e. The first-order chi connectivity index (χ1) is 10.2. The Labute approximate surface area is 139 Å². The molecule has 0 unspecified atom stereocenters. The third-order valence-electron chi connectivity index (χ3n) is 2.50. The maximum absolute atomic E-state index is 11.6. The molecule has 6 nitrogen and oxygen atoms in total. The molecular formula is C12H6Cl3NO5S. The Hall–Kier alpha value is -1.54. The molecular weight excluding hydrogens is 377 g/mol. The number of halogens is 3.